The Kier molecular flexibility index (Phi) is 4.03. The van der Waals surface area contributed by atoms with Crippen LogP contribution >= 0.6 is 0 Å². The third kappa shape index (κ3) is 2.70. The first-order valence-electron chi connectivity index (χ1n) is 7.49. The summed E-state index contributed by atoms with van der Waals surface area (Å²) in [5.41, 5.74) is 4.20. The number of hydrogen-bond donors (Lipinski definition) is 1. The van der Waals surface area contributed by atoms with E-state index in [9.17, 15) is 0 Å². The van der Waals surface area contributed by atoms with Gasteiger partial charge in [-0.15, -0.1) is 0 Å². The first kappa shape index (κ1) is 13.2. The molecule has 0 fully saturated rings. The zero-order valence-corrected chi connectivity index (χ0v) is 12.0. The van der Waals surface area contributed by atoms with E-state index in [2.05, 4.69) is 71.7 Å². The molecule has 1 N–H and O–H groups in total. The van der Waals surface area contributed by atoms with E-state index in [0.717, 1.165) is 19.6 Å². The summed E-state index contributed by atoms with van der Waals surface area (Å²) in [5, 5.41) is 3.60. The maximum Gasteiger partial charge on any atom is 0.0429 e. The highest BCUT2D eigenvalue weighted by molar-refractivity contribution is 5.57. The summed E-state index contributed by atoms with van der Waals surface area (Å²) in [5.74, 6) is 0. The van der Waals surface area contributed by atoms with Gasteiger partial charge in [0.25, 0.3) is 0 Å². The number of hydrogen-bond acceptors (Lipinski definition) is 2. The molecule has 1 aliphatic rings. The molecule has 104 valence electrons. The lowest BCUT2D eigenvalue weighted by Gasteiger charge is -2.36. The monoisotopic (exact) mass is 266 g/mol. The lowest BCUT2D eigenvalue weighted by atomic mass is 9.96. The summed E-state index contributed by atoms with van der Waals surface area (Å²) in [6, 6.07) is 20.0. The highest BCUT2D eigenvalue weighted by atomic mass is 15.1. The Morgan fingerprint density at radius 1 is 1.05 bits per heavy atom. The largest absolute Gasteiger partial charge is 0.367 e. The molecule has 20 heavy (non-hydrogen) atoms. The van der Waals surface area contributed by atoms with Crippen molar-refractivity contribution in [2.45, 2.75) is 25.9 Å². The average molecular weight is 266 g/mol. The van der Waals surface area contributed by atoms with Gasteiger partial charge in [0, 0.05) is 24.8 Å². The summed E-state index contributed by atoms with van der Waals surface area (Å²) in [4.78, 5) is 2.50. The Morgan fingerprint density at radius 2 is 1.80 bits per heavy atom. The van der Waals surface area contributed by atoms with Gasteiger partial charge in [0.15, 0.2) is 0 Å². The molecule has 1 aliphatic heterocycles. The Bertz CT molecular complexity index is 550. The Balaban J connectivity index is 1.85. The lowest BCUT2D eigenvalue weighted by molar-refractivity contribution is 0.489. The van der Waals surface area contributed by atoms with Crippen LogP contribution in [0.5, 0.6) is 0 Å². The van der Waals surface area contributed by atoms with Gasteiger partial charge in [0.2, 0.25) is 0 Å². The molecule has 0 aromatic heterocycles. The molecule has 0 amide bonds. The van der Waals surface area contributed by atoms with Crippen molar-refractivity contribution < 1.29 is 0 Å². The molecule has 1 atom stereocenters. The number of rotatable bonds is 4. The van der Waals surface area contributed by atoms with Gasteiger partial charge in [0.1, 0.15) is 0 Å². The highest BCUT2D eigenvalue weighted by Gasteiger charge is 2.23. The van der Waals surface area contributed by atoms with Crippen LogP contribution in [0.15, 0.2) is 54.6 Å². The van der Waals surface area contributed by atoms with Crippen molar-refractivity contribution in [2.75, 3.05) is 18.0 Å². The molecule has 2 heteroatoms. The smallest absolute Gasteiger partial charge is 0.0429 e. The summed E-state index contributed by atoms with van der Waals surface area (Å²) in [6.07, 6.45) is 1.18. The predicted octanol–water partition coefficient (Wildman–Crippen LogP) is 3.75. The molecule has 2 aromatic rings. The second-order valence-electron chi connectivity index (χ2n) is 5.36. The van der Waals surface area contributed by atoms with Crippen molar-refractivity contribution in [3.05, 3.63) is 65.7 Å². The highest BCUT2D eigenvalue weighted by Crippen LogP contribution is 2.34. The topological polar surface area (TPSA) is 15.3 Å². The quantitative estimate of drug-likeness (QED) is 0.906. The minimum Gasteiger partial charge on any atom is -0.367 e. The molecule has 1 heterocycles. The van der Waals surface area contributed by atoms with Gasteiger partial charge in [-0.2, -0.15) is 0 Å². The van der Waals surface area contributed by atoms with Gasteiger partial charge >= 0.3 is 0 Å². The molecule has 2 nitrogen and oxygen atoms in total. The second kappa shape index (κ2) is 6.10. The molecule has 0 radical (unpaired) electrons. The Hall–Kier alpha value is -1.80. The van der Waals surface area contributed by atoms with Gasteiger partial charge in [-0.05, 0) is 30.2 Å². The summed E-state index contributed by atoms with van der Waals surface area (Å²) in [7, 11) is 0. The number of benzene rings is 2. The fourth-order valence-electron chi connectivity index (χ4n) is 3.06. The molecule has 2 aromatic carbocycles. The Morgan fingerprint density at radius 3 is 2.60 bits per heavy atom. The van der Waals surface area contributed by atoms with Crippen LogP contribution < -0.4 is 10.2 Å². The fraction of sp³-hybridized carbons (Fsp3) is 0.333. The zero-order valence-electron chi connectivity index (χ0n) is 12.0. The second-order valence-corrected chi connectivity index (χ2v) is 5.36. The van der Waals surface area contributed by atoms with E-state index in [1.54, 1.807) is 0 Å². The van der Waals surface area contributed by atoms with Crippen LogP contribution in [-0.2, 0) is 6.54 Å². The van der Waals surface area contributed by atoms with Crippen molar-refractivity contribution >= 4 is 5.69 Å². The molecular weight excluding hydrogens is 244 g/mol. The molecule has 1 unspecified atom stereocenters. The van der Waals surface area contributed by atoms with Crippen molar-refractivity contribution in [3.8, 4) is 0 Å². The van der Waals surface area contributed by atoms with Gasteiger partial charge in [-0.1, -0.05) is 55.5 Å². The van der Waals surface area contributed by atoms with Gasteiger partial charge in [-0.3, -0.25) is 0 Å². The Labute approximate surface area is 121 Å². The van der Waals surface area contributed by atoms with E-state index < -0.39 is 0 Å². The zero-order chi connectivity index (χ0) is 13.8. The van der Waals surface area contributed by atoms with Crippen LogP contribution in [-0.4, -0.2) is 13.1 Å². The first-order chi connectivity index (χ1) is 9.88. The average Bonchev–Trinajstić information content (AvgIpc) is 2.51. The van der Waals surface area contributed by atoms with Crippen LogP contribution in [0.1, 0.15) is 30.5 Å². The summed E-state index contributed by atoms with van der Waals surface area (Å²) in [6.45, 7) is 5.32. The predicted molar refractivity (Wildman–Crippen MR) is 85.0 cm³/mol. The molecule has 3 rings (SSSR count). The van der Waals surface area contributed by atoms with Gasteiger partial charge in [-0.25, -0.2) is 0 Å². The molecule has 0 spiro atoms. The van der Waals surface area contributed by atoms with Crippen molar-refractivity contribution in [1.82, 2.24) is 5.32 Å². The molecule has 0 saturated carbocycles. The minimum absolute atomic E-state index is 0.503. The van der Waals surface area contributed by atoms with Crippen LogP contribution in [0, 0.1) is 0 Å². The minimum atomic E-state index is 0.503. The van der Waals surface area contributed by atoms with Crippen LogP contribution in [0.4, 0.5) is 5.69 Å². The molecule has 0 bridgehead atoms. The summed E-state index contributed by atoms with van der Waals surface area (Å²) >= 11 is 0. The van der Waals surface area contributed by atoms with Crippen LogP contribution in [0.3, 0.4) is 0 Å². The summed E-state index contributed by atoms with van der Waals surface area (Å²) < 4.78 is 0. The molecule has 0 saturated heterocycles. The lowest BCUT2D eigenvalue weighted by Crippen LogP contribution is -2.35. The fourth-order valence-corrected chi connectivity index (χ4v) is 3.06. The molecule has 0 aliphatic carbocycles. The van der Waals surface area contributed by atoms with E-state index in [1.165, 1.54) is 23.2 Å². The van der Waals surface area contributed by atoms with Gasteiger partial charge < -0.3 is 10.2 Å². The van der Waals surface area contributed by atoms with Gasteiger partial charge in [0.05, 0.1) is 0 Å². The number of para-hydroxylation sites is 1. The SMILES string of the molecule is CCNC1CCN(Cc2ccccc2)c2ccccc21. The maximum absolute atomic E-state index is 3.60. The number of fused-ring (bicyclic) bond motifs is 1. The standard InChI is InChI=1S/C18H22N2/c1-2-19-17-12-13-20(14-15-8-4-3-5-9-15)18-11-7-6-10-16(17)18/h3-11,17,19H,2,12-14H2,1H3. The third-order valence-electron chi connectivity index (χ3n) is 4.01. The van der Waals surface area contributed by atoms with Crippen LogP contribution in [0.2, 0.25) is 0 Å². The van der Waals surface area contributed by atoms with E-state index >= 15 is 0 Å². The van der Waals surface area contributed by atoms with E-state index in [1.807, 2.05) is 0 Å². The van der Waals surface area contributed by atoms with Crippen molar-refractivity contribution in [1.29, 1.82) is 0 Å². The maximum atomic E-state index is 3.60. The third-order valence-corrected chi connectivity index (χ3v) is 4.01. The van der Waals surface area contributed by atoms with Crippen LogP contribution in [0.25, 0.3) is 0 Å². The molecular formula is C18H22N2. The van der Waals surface area contributed by atoms with E-state index in [-0.39, 0.29) is 0 Å². The number of anilines is 1. The van der Waals surface area contributed by atoms with E-state index in [0.29, 0.717) is 6.04 Å². The van der Waals surface area contributed by atoms with E-state index in [4.69, 9.17) is 0 Å². The number of nitrogens with zero attached hydrogens (tertiary/aromatic N) is 1. The normalized spacial score (nSPS) is 17.9. The number of nitrogens with one attached hydrogen (secondary N) is 1. The van der Waals surface area contributed by atoms with Crippen molar-refractivity contribution in [3.63, 3.8) is 0 Å². The van der Waals surface area contributed by atoms with Crippen molar-refractivity contribution in [2.24, 2.45) is 0 Å². The first-order valence-corrected chi connectivity index (χ1v) is 7.49.